The molecule has 1 heterocycles. The van der Waals surface area contributed by atoms with Gasteiger partial charge in [-0.2, -0.15) is 0 Å². The van der Waals surface area contributed by atoms with Crippen molar-refractivity contribution in [1.82, 2.24) is 0 Å². The zero-order valence-electron chi connectivity index (χ0n) is 8.83. The van der Waals surface area contributed by atoms with Crippen LogP contribution in [0.2, 0.25) is 0 Å². The van der Waals surface area contributed by atoms with Crippen LogP contribution in [0.15, 0.2) is 18.2 Å². The number of sulfonamides is 1. The third-order valence-corrected chi connectivity index (χ3v) is 4.41. The van der Waals surface area contributed by atoms with Gasteiger partial charge in [0.1, 0.15) is 5.75 Å². The molecule has 92 valence electrons. The van der Waals surface area contributed by atoms with E-state index in [0.29, 0.717) is 13.0 Å². The minimum atomic E-state index is -3.37. The van der Waals surface area contributed by atoms with Crippen LogP contribution in [0.4, 0.5) is 5.69 Å². The number of carboxylic acids is 1. The van der Waals surface area contributed by atoms with E-state index < -0.39 is 16.0 Å². The van der Waals surface area contributed by atoms with Gasteiger partial charge in [-0.05, 0) is 18.6 Å². The number of aromatic hydroxyl groups is 1. The van der Waals surface area contributed by atoms with Crippen LogP contribution in [0.3, 0.4) is 0 Å². The topological polar surface area (TPSA) is 94.9 Å². The smallest absolute Gasteiger partial charge is 0.335 e. The lowest BCUT2D eigenvalue weighted by atomic mass is 10.2. The standard InChI is InChI=1S/C10H11NO5S/c12-9-5-7(10(13)14)4-8(6-9)11-2-1-3-17(11,15)16/h4-6,12H,1-3H2,(H,13,14). The van der Waals surface area contributed by atoms with Gasteiger partial charge in [-0.1, -0.05) is 0 Å². The number of rotatable bonds is 2. The summed E-state index contributed by atoms with van der Waals surface area (Å²) in [5, 5.41) is 18.2. The third kappa shape index (κ3) is 2.19. The maximum atomic E-state index is 11.7. The van der Waals surface area contributed by atoms with Gasteiger partial charge in [0.15, 0.2) is 0 Å². The number of anilines is 1. The molecule has 1 aliphatic rings. The number of hydrogen-bond acceptors (Lipinski definition) is 4. The summed E-state index contributed by atoms with van der Waals surface area (Å²) in [5.41, 5.74) is 0.0574. The average molecular weight is 257 g/mol. The molecule has 0 radical (unpaired) electrons. The Morgan fingerprint density at radius 1 is 1.29 bits per heavy atom. The van der Waals surface area contributed by atoms with Crippen molar-refractivity contribution in [2.24, 2.45) is 0 Å². The molecule has 0 spiro atoms. The summed E-state index contributed by atoms with van der Waals surface area (Å²) >= 11 is 0. The minimum Gasteiger partial charge on any atom is -0.508 e. The zero-order chi connectivity index (χ0) is 12.6. The Hall–Kier alpha value is -1.76. The quantitative estimate of drug-likeness (QED) is 0.810. The molecule has 7 heteroatoms. The van der Waals surface area contributed by atoms with Crippen LogP contribution in [0.1, 0.15) is 16.8 Å². The van der Waals surface area contributed by atoms with Crippen molar-refractivity contribution in [3.05, 3.63) is 23.8 Å². The van der Waals surface area contributed by atoms with Crippen molar-refractivity contribution in [3.8, 4) is 5.75 Å². The van der Waals surface area contributed by atoms with E-state index in [4.69, 9.17) is 5.11 Å². The number of hydrogen-bond donors (Lipinski definition) is 2. The summed E-state index contributed by atoms with van der Waals surface area (Å²) in [6.45, 7) is 0.310. The molecule has 1 aliphatic heterocycles. The summed E-state index contributed by atoms with van der Waals surface area (Å²) in [4.78, 5) is 10.8. The number of phenolic OH excluding ortho intramolecular Hbond substituents is 1. The van der Waals surface area contributed by atoms with Gasteiger partial charge in [0, 0.05) is 12.6 Å². The highest BCUT2D eigenvalue weighted by atomic mass is 32.2. The van der Waals surface area contributed by atoms with Gasteiger partial charge in [0.05, 0.1) is 17.0 Å². The Morgan fingerprint density at radius 2 is 2.00 bits per heavy atom. The van der Waals surface area contributed by atoms with Crippen LogP contribution in [-0.4, -0.2) is 36.9 Å². The monoisotopic (exact) mass is 257 g/mol. The van der Waals surface area contributed by atoms with Gasteiger partial charge in [0.25, 0.3) is 0 Å². The molecule has 2 N–H and O–H groups in total. The fourth-order valence-electron chi connectivity index (χ4n) is 1.79. The molecule has 0 atom stereocenters. The first-order chi connectivity index (χ1) is 7.90. The van der Waals surface area contributed by atoms with E-state index in [1.807, 2.05) is 0 Å². The second-order valence-electron chi connectivity index (χ2n) is 3.78. The van der Waals surface area contributed by atoms with Crippen molar-refractivity contribution >= 4 is 21.7 Å². The molecular weight excluding hydrogens is 246 g/mol. The highest BCUT2D eigenvalue weighted by molar-refractivity contribution is 7.93. The van der Waals surface area contributed by atoms with Crippen LogP contribution >= 0.6 is 0 Å². The maximum absolute atomic E-state index is 11.7. The summed E-state index contributed by atoms with van der Waals surface area (Å²) in [5.74, 6) is -1.42. The Kier molecular flexibility index (Phi) is 2.70. The van der Waals surface area contributed by atoms with Crippen LogP contribution in [-0.2, 0) is 10.0 Å². The summed E-state index contributed by atoms with van der Waals surface area (Å²) in [7, 11) is -3.37. The van der Waals surface area contributed by atoms with Gasteiger partial charge in [-0.15, -0.1) is 0 Å². The molecule has 0 amide bonds. The molecule has 2 rings (SSSR count). The van der Waals surface area contributed by atoms with Crippen molar-refractivity contribution in [3.63, 3.8) is 0 Å². The van der Waals surface area contributed by atoms with Crippen LogP contribution in [0, 0.1) is 0 Å². The maximum Gasteiger partial charge on any atom is 0.335 e. The minimum absolute atomic E-state index is 0.0467. The molecule has 1 aromatic rings. The van der Waals surface area contributed by atoms with Gasteiger partial charge < -0.3 is 10.2 Å². The number of aromatic carboxylic acids is 1. The first-order valence-corrected chi connectivity index (χ1v) is 6.59. The van der Waals surface area contributed by atoms with Crippen LogP contribution in [0.5, 0.6) is 5.75 Å². The second kappa shape index (κ2) is 3.92. The Morgan fingerprint density at radius 3 is 2.53 bits per heavy atom. The molecule has 0 bridgehead atoms. The van der Waals surface area contributed by atoms with Gasteiger partial charge in [-0.3, -0.25) is 4.31 Å². The summed E-state index contributed by atoms with van der Waals surface area (Å²) < 4.78 is 24.4. The van der Waals surface area contributed by atoms with Crippen molar-refractivity contribution in [2.45, 2.75) is 6.42 Å². The number of carboxylic acid groups (broad SMARTS) is 1. The van der Waals surface area contributed by atoms with E-state index >= 15 is 0 Å². The fraction of sp³-hybridized carbons (Fsp3) is 0.300. The van der Waals surface area contributed by atoms with E-state index in [1.165, 1.54) is 12.1 Å². The highest BCUT2D eigenvalue weighted by Gasteiger charge is 2.29. The van der Waals surface area contributed by atoms with Crippen LogP contribution in [0.25, 0.3) is 0 Å². The SMILES string of the molecule is O=C(O)c1cc(O)cc(N2CCCS2(=O)=O)c1. The Balaban J connectivity index is 2.49. The lowest BCUT2D eigenvalue weighted by Gasteiger charge is -2.17. The number of carbonyl (C=O) groups is 1. The second-order valence-corrected chi connectivity index (χ2v) is 5.80. The molecule has 0 aromatic heterocycles. The van der Waals surface area contributed by atoms with E-state index in [1.54, 1.807) is 0 Å². The molecule has 0 aliphatic carbocycles. The fourth-order valence-corrected chi connectivity index (χ4v) is 3.34. The van der Waals surface area contributed by atoms with E-state index in [-0.39, 0.29) is 22.8 Å². The lowest BCUT2D eigenvalue weighted by Crippen LogP contribution is -2.25. The van der Waals surface area contributed by atoms with E-state index in [9.17, 15) is 18.3 Å². The predicted octanol–water partition coefficient (Wildman–Crippen LogP) is 0.630. The number of nitrogens with zero attached hydrogens (tertiary/aromatic N) is 1. The van der Waals surface area contributed by atoms with Crippen molar-refractivity contribution < 1.29 is 23.4 Å². The zero-order valence-corrected chi connectivity index (χ0v) is 9.64. The number of benzene rings is 1. The van der Waals surface area contributed by atoms with Crippen LogP contribution < -0.4 is 4.31 Å². The highest BCUT2D eigenvalue weighted by Crippen LogP contribution is 2.28. The molecule has 1 aromatic carbocycles. The molecule has 1 fully saturated rings. The number of phenols is 1. The summed E-state index contributed by atoms with van der Waals surface area (Å²) in [6.07, 6.45) is 0.500. The molecule has 0 unspecified atom stereocenters. The predicted molar refractivity (Wildman–Crippen MR) is 60.8 cm³/mol. The van der Waals surface area contributed by atoms with Gasteiger partial charge >= 0.3 is 5.97 Å². The summed E-state index contributed by atoms with van der Waals surface area (Å²) in [6, 6.07) is 3.56. The van der Waals surface area contributed by atoms with E-state index in [0.717, 1.165) is 10.4 Å². The van der Waals surface area contributed by atoms with Gasteiger partial charge in [-0.25, -0.2) is 13.2 Å². The molecule has 6 nitrogen and oxygen atoms in total. The Bertz CT molecular complexity index is 566. The molecule has 17 heavy (non-hydrogen) atoms. The van der Waals surface area contributed by atoms with E-state index in [2.05, 4.69) is 0 Å². The first kappa shape index (κ1) is 11.7. The lowest BCUT2D eigenvalue weighted by molar-refractivity contribution is 0.0696. The Labute approximate surface area is 98.2 Å². The third-order valence-electron chi connectivity index (χ3n) is 2.54. The molecule has 1 saturated heterocycles. The average Bonchev–Trinajstić information content (AvgIpc) is 2.57. The van der Waals surface area contributed by atoms with Crippen molar-refractivity contribution in [1.29, 1.82) is 0 Å². The largest absolute Gasteiger partial charge is 0.508 e. The first-order valence-electron chi connectivity index (χ1n) is 4.98. The molecule has 0 saturated carbocycles. The molecular formula is C10H11NO5S. The normalized spacial score (nSPS) is 18.2. The van der Waals surface area contributed by atoms with Crippen molar-refractivity contribution in [2.75, 3.05) is 16.6 Å². The van der Waals surface area contributed by atoms with Gasteiger partial charge in [0.2, 0.25) is 10.0 Å².